The minimum absolute atomic E-state index is 0.0341. The number of aromatic amines is 3. The molecule has 0 aliphatic heterocycles. The molecule has 8 rings (SSSR count). The van der Waals surface area contributed by atoms with Crippen molar-refractivity contribution in [2.45, 2.75) is 74.8 Å². The third kappa shape index (κ3) is 13.8. The Hall–Kier alpha value is -9.43. The quantitative estimate of drug-likeness (QED) is 0.0440. The number of amides is 5. The second-order valence-corrected chi connectivity index (χ2v) is 18.3. The molecule has 5 aromatic carbocycles. The molecule has 20 nitrogen and oxygen atoms in total. The standard InChI is InChI=1S/C55H56N10O10/c56-42(21-31-9-15-37(66)16-10-31)50(69)61-47(24-34-27-58-43-7-3-1-5-40(34)43)53(72)63-45(22-32-11-17-38(67)18-12-32)51(70)62-46(23-33-13-19-39(68)20-14-33)52(71)64-48(26-36-29-57-30-60-36)54(73)65-49(55(74)75)25-35-28-59-44-8-4-2-6-41(35)44/h1-20,27-30,42,45-49,58-59,66-68H,21-26,56H2,(H,57,60)(H,61,69)(H,62,70)(H,63,72)(H,64,71)(H,65,73)(H,74,75). The zero-order valence-corrected chi connectivity index (χ0v) is 40.3. The van der Waals surface area contributed by atoms with Crippen molar-refractivity contribution in [1.82, 2.24) is 46.5 Å². The van der Waals surface area contributed by atoms with E-state index in [9.17, 15) is 49.2 Å². The molecule has 14 N–H and O–H groups in total. The molecule has 0 radical (unpaired) electrons. The zero-order valence-electron chi connectivity index (χ0n) is 40.3. The van der Waals surface area contributed by atoms with Crippen LogP contribution < -0.4 is 32.3 Å². The number of benzene rings is 5. The minimum Gasteiger partial charge on any atom is -0.508 e. The van der Waals surface area contributed by atoms with Crippen LogP contribution >= 0.6 is 0 Å². The first-order valence-corrected chi connectivity index (χ1v) is 24.1. The van der Waals surface area contributed by atoms with E-state index in [2.05, 4.69) is 46.5 Å². The van der Waals surface area contributed by atoms with Crippen molar-refractivity contribution in [3.63, 3.8) is 0 Å². The van der Waals surface area contributed by atoms with Gasteiger partial charge in [0, 0.05) is 78.2 Å². The van der Waals surface area contributed by atoms with Gasteiger partial charge in [0.25, 0.3) is 0 Å². The smallest absolute Gasteiger partial charge is 0.326 e. The number of para-hydroxylation sites is 2. The highest BCUT2D eigenvalue weighted by atomic mass is 16.4. The molecule has 3 aromatic heterocycles. The van der Waals surface area contributed by atoms with Crippen LogP contribution in [-0.4, -0.2) is 112 Å². The largest absolute Gasteiger partial charge is 0.508 e. The molecule has 75 heavy (non-hydrogen) atoms. The first kappa shape index (κ1) is 51.9. The van der Waals surface area contributed by atoms with E-state index in [0.29, 0.717) is 33.5 Å². The average molecular weight is 1020 g/mol. The van der Waals surface area contributed by atoms with E-state index in [0.717, 1.165) is 21.8 Å². The van der Waals surface area contributed by atoms with Gasteiger partial charge in [-0.05, 0) is 82.8 Å². The second-order valence-electron chi connectivity index (χ2n) is 18.3. The van der Waals surface area contributed by atoms with Gasteiger partial charge >= 0.3 is 5.97 Å². The van der Waals surface area contributed by atoms with Crippen LogP contribution in [0.1, 0.15) is 33.5 Å². The zero-order chi connectivity index (χ0) is 53.0. The van der Waals surface area contributed by atoms with Crippen LogP contribution in [0.15, 0.2) is 146 Å². The monoisotopic (exact) mass is 1020 g/mol. The topological polar surface area (TPSA) is 330 Å². The second kappa shape index (κ2) is 23.9. The SMILES string of the molecule is NC(Cc1ccc(O)cc1)C(=O)NC(Cc1c[nH]c2ccccc12)C(=O)NC(Cc1ccc(O)cc1)C(=O)NC(Cc1ccc(O)cc1)C(=O)NC(Cc1cnc[nH]1)C(=O)NC(Cc1c[nH]c2ccccc12)C(=O)O. The van der Waals surface area contributed by atoms with Gasteiger partial charge in [-0.3, -0.25) is 24.0 Å². The molecule has 0 spiro atoms. The summed E-state index contributed by atoms with van der Waals surface area (Å²) in [5, 5.41) is 55.5. The van der Waals surface area contributed by atoms with Crippen LogP contribution in [0.4, 0.5) is 0 Å². The molecule has 0 fully saturated rings. The number of fused-ring (bicyclic) bond motifs is 2. The molecule has 386 valence electrons. The maximum absolute atomic E-state index is 14.8. The molecule has 0 saturated carbocycles. The molecule has 6 atom stereocenters. The van der Waals surface area contributed by atoms with Gasteiger partial charge in [0.15, 0.2) is 0 Å². The number of nitrogens with one attached hydrogen (secondary N) is 8. The Bertz CT molecular complexity index is 3270. The van der Waals surface area contributed by atoms with Crippen molar-refractivity contribution < 1.29 is 49.2 Å². The highest BCUT2D eigenvalue weighted by Crippen LogP contribution is 2.22. The molecular weight excluding hydrogens is 961 g/mol. The van der Waals surface area contributed by atoms with Crippen LogP contribution in [0.25, 0.3) is 21.8 Å². The lowest BCUT2D eigenvalue weighted by Crippen LogP contribution is -2.60. The van der Waals surface area contributed by atoms with Gasteiger partial charge < -0.3 is 67.7 Å². The summed E-state index contributed by atoms with van der Waals surface area (Å²) in [6.45, 7) is 0. The summed E-state index contributed by atoms with van der Waals surface area (Å²) in [6, 6.07) is 24.5. The number of phenolic OH excluding ortho intramolecular Hbond substituents is 3. The Balaban J connectivity index is 1.07. The molecule has 8 aromatic rings. The normalized spacial score (nSPS) is 13.7. The van der Waals surface area contributed by atoms with Crippen LogP contribution in [0.5, 0.6) is 17.2 Å². The highest BCUT2D eigenvalue weighted by Gasteiger charge is 2.34. The van der Waals surface area contributed by atoms with Gasteiger partial charge in [-0.25, -0.2) is 9.78 Å². The number of aromatic nitrogens is 4. The van der Waals surface area contributed by atoms with Gasteiger partial charge in [-0.2, -0.15) is 0 Å². The lowest BCUT2D eigenvalue weighted by molar-refractivity contribution is -0.142. The van der Waals surface area contributed by atoms with Crippen molar-refractivity contribution >= 4 is 57.3 Å². The van der Waals surface area contributed by atoms with Crippen LogP contribution in [0.2, 0.25) is 0 Å². The van der Waals surface area contributed by atoms with Crippen LogP contribution in [-0.2, 0) is 67.3 Å². The van der Waals surface area contributed by atoms with Crippen molar-refractivity contribution in [3.05, 3.63) is 180 Å². The number of carboxylic acid groups (broad SMARTS) is 1. The summed E-state index contributed by atoms with van der Waals surface area (Å²) in [6.07, 6.45) is 5.61. The number of aliphatic carboxylic acids is 1. The number of aromatic hydroxyl groups is 3. The number of rotatable bonds is 23. The summed E-state index contributed by atoms with van der Waals surface area (Å²) < 4.78 is 0. The Labute approximate surface area is 429 Å². The first-order valence-electron chi connectivity index (χ1n) is 24.1. The van der Waals surface area contributed by atoms with Gasteiger partial charge in [0.05, 0.1) is 12.4 Å². The summed E-state index contributed by atoms with van der Waals surface area (Å²) >= 11 is 0. The van der Waals surface area contributed by atoms with Crippen molar-refractivity contribution in [2.24, 2.45) is 5.73 Å². The predicted octanol–water partition coefficient (Wildman–Crippen LogP) is 3.08. The Morgan fingerprint density at radius 3 is 1.25 bits per heavy atom. The number of nitrogens with two attached hydrogens (primary N) is 1. The number of nitrogens with zero attached hydrogens (tertiary/aromatic N) is 1. The van der Waals surface area contributed by atoms with E-state index in [-0.39, 0.29) is 55.8 Å². The lowest BCUT2D eigenvalue weighted by Gasteiger charge is -2.27. The average Bonchev–Trinajstić information content (AvgIpc) is 4.18. The molecule has 20 heteroatoms. The fraction of sp³-hybridized carbons (Fsp3) is 0.218. The van der Waals surface area contributed by atoms with Gasteiger partial charge in [0.1, 0.15) is 47.5 Å². The maximum Gasteiger partial charge on any atom is 0.326 e. The van der Waals surface area contributed by atoms with E-state index in [1.807, 2.05) is 48.5 Å². The van der Waals surface area contributed by atoms with E-state index < -0.39 is 71.8 Å². The number of carboxylic acids is 1. The summed E-state index contributed by atoms with van der Waals surface area (Å²) in [5.74, 6) is -5.41. The third-order valence-electron chi connectivity index (χ3n) is 12.8. The van der Waals surface area contributed by atoms with Crippen LogP contribution in [0, 0.1) is 0 Å². The highest BCUT2D eigenvalue weighted by molar-refractivity contribution is 5.97. The maximum atomic E-state index is 14.8. The fourth-order valence-electron chi connectivity index (χ4n) is 8.78. The van der Waals surface area contributed by atoms with E-state index >= 15 is 0 Å². The molecule has 0 bridgehead atoms. The summed E-state index contributed by atoms with van der Waals surface area (Å²) in [7, 11) is 0. The molecular formula is C55H56N10O10. The molecule has 6 unspecified atom stereocenters. The van der Waals surface area contributed by atoms with Crippen LogP contribution in [0.3, 0.4) is 0 Å². The number of hydrogen-bond acceptors (Lipinski definition) is 11. The van der Waals surface area contributed by atoms with Crippen molar-refractivity contribution in [3.8, 4) is 17.2 Å². The molecule has 0 aliphatic carbocycles. The fourth-order valence-corrected chi connectivity index (χ4v) is 8.78. The lowest BCUT2D eigenvalue weighted by atomic mass is 10.00. The Kier molecular flexibility index (Phi) is 16.5. The number of carbonyl (C=O) groups excluding carboxylic acids is 5. The van der Waals surface area contributed by atoms with Crippen molar-refractivity contribution in [1.29, 1.82) is 0 Å². The van der Waals surface area contributed by atoms with E-state index in [4.69, 9.17) is 5.73 Å². The van der Waals surface area contributed by atoms with Gasteiger partial charge in [0.2, 0.25) is 29.5 Å². The van der Waals surface area contributed by atoms with Gasteiger partial charge in [-0.1, -0.05) is 72.8 Å². The Morgan fingerprint density at radius 1 is 0.453 bits per heavy atom. The number of carbonyl (C=O) groups is 6. The number of hydrogen-bond donors (Lipinski definition) is 13. The summed E-state index contributed by atoms with van der Waals surface area (Å²) in [5.41, 5.74) is 11.3. The first-order chi connectivity index (χ1) is 36.1. The van der Waals surface area contributed by atoms with E-state index in [1.165, 1.54) is 48.9 Å². The molecule has 0 saturated heterocycles. The number of H-pyrrole nitrogens is 3. The van der Waals surface area contributed by atoms with Crippen molar-refractivity contribution in [2.75, 3.05) is 0 Å². The third-order valence-corrected chi connectivity index (χ3v) is 12.8. The number of phenols is 3. The molecule has 3 heterocycles. The molecule has 5 amide bonds. The molecule has 0 aliphatic rings. The summed E-state index contributed by atoms with van der Waals surface area (Å²) in [4.78, 5) is 98.2. The van der Waals surface area contributed by atoms with Gasteiger partial charge in [-0.15, -0.1) is 0 Å². The predicted molar refractivity (Wildman–Crippen MR) is 277 cm³/mol. The number of imidazole rings is 1. The Morgan fingerprint density at radius 2 is 0.827 bits per heavy atom. The van der Waals surface area contributed by atoms with E-state index in [1.54, 1.807) is 48.8 Å². The minimum atomic E-state index is -1.46.